The summed E-state index contributed by atoms with van der Waals surface area (Å²) < 4.78 is 0. The van der Waals surface area contributed by atoms with Crippen LogP contribution in [0.3, 0.4) is 0 Å². The Morgan fingerprint density at radius 3 is 2.00 bits per heavy atom. The Hall–Kier alpha value is -0.750. The molecular formula is C4H7NO4S. The van der Waals surface area contributed by atoms with Gasteiger partial charge in [-0.3, -0.25) is 4.79 Å². The molecule has 1 atom stereocenters. The summed E-state index contributed by atoms with van der Waals surface area (Å²) in [5, 5.41) is 16.3. The van der Waals surface area contributed by atoms with Crippen molar-refractivity contribution in [3.63, 3.8) is 0 Å². The van der Waals surface area contributed by atoms with E-state index in [4.69, 9.17) is 15.9 Å². The van der Waals surface area contributed by atoms with Crippen LogP contribution in [0.4, 0.5) is 0 Å². The minimum Gasteiger partial charge on any atom is -0.481 e. The van der Waals surface area contributed by atoms with Gasteiger partial charge in [-0.1, -0.05) is 0 Å². The van der Waals surface area contributed by atoms with Crippen molar-refractivity contribution in [2.24, 2.45) is 5.73 Å². The molecule has 0 aromatic rings. The molecule has 4 N–H and O–H groups in total. The van der Waals surface area contributed by atoms with E-state index in [2.05, 4.69) is 12.6 Å². The van der Waals surface area contributed by atoms with E-state index in [0.717, 1.165) is 0 Å². The van der Waals surface area contributed by atoms with Crippen LogP contribution in [0.25, 0.3) is 0 Å². The van der Waals surface area contributed by atoms with E-state index in [1.54, 1.807) is 0 Å². The molecule has 0 aliphatic rings. The highest BCUT2D eigenvalue weighted by atomic mass is 32.1. The SMILES string of the molecule is NC(S)(CC(=O)O)C(=O)O. The normalized spacial score (nSPS) is 15.8. The molecule has 0 aromatic carbocycles. The largest absolute Gasteiger partial charge is 0.481 e. The Labute approximate surface area is 62.2 Å². The fourth-order valence-electron chi connectivity index (χ4n) is 0.306. The maximum absolute atomic E-state index is 10.1. The van der Waals surface area contributed by atoms with E-state index in [1.165, 1.54) is 0 Å². The second-order valence-electron chi connectivity index (χ2n) is 1.80. The van der Waals surface area contributed by atoms with Crippen LogP contribution in [0.5, 0.6) is 0 Å². The smallest absolute Gasteiger partial charge is 0.334 e. The van der Waals surface area contributed by atoms with Gasteiger partial charge in [0.15, 0.2) is 4.87 Å². The zero-order chi connectivity index (χ0) is 8.36. The van der Waals surface area contributed by atoms with Crippen LogP contribution in [-0.2, 0) is 9.59 Å². The summed E-state index contributed by atoms with van der Waals surface area (Å²) >= 11 is 3.42. The Morgan fingerprint density at radius 2 is 1.90 bits per heavy atom. The molecule has 6 heteroatoms. The molecule has 0 aliphatic heterocycles. The number of carbonyl (C=O) groups is 2. The van der Waals surface area contributed by atoms with Crippen molar-refractivity contribution in [3.8, 4) is 0 Å². The van der Waals surface area contributed by atoms with Crippen LogP contribution in [0.2, 0.25) is 0 Å². The van der Waals surface area contributed by atoms with Gasteiger partial charge in [-0.15, -0.1) is 12.6 Å². The van der Waals surface area contributed by atoms with Crippen molar-refractivity contribution in [1.29, 1.82) is 0 Å². The quantitative estimate of drug-likeness (QED) is 0.322. The van der Waals surface area contributed by atoms with Gasteiger partial charge >= 0.3 is 11.9 Å². The summed E-state index contributed by atoms with van der Waals surface area (Å²) in [6.45, 7) is 0. The highest BCUT2D eigenvalue weighted by Crippen LogP contribution is 2.11. The molecular weight excluding hydrogens is 158 g/mol. The first-order chi connectivity index (χ1) is 4.36. The van der Waals surface area contributed by atoms with Crippen molar-refractivity contribution in [3.05, 3.63) is 0 Å². The maximum Gasteiger partial charge on any atom is 0.334 e. The summed E-state index contributed by atoms with van der Waals surface area (Å²) in [7, 11) is 0. The van der Waals surface area contributed by atoms with Gasteiger partial charge in [0.2, 0.25) is 0 Å². The molecule has 1 unspecified atom stereocenters. The molecule has 0 heterocycles. The summed E-state index contributed by atoms with van der Waals surface area (Å²) in [6.07, 6.45) is -0.703. The molecule has 0 aromatic heterocycles. The van der Waals surface area contributed by atoms with Gasteiger partial charge in [0.25, 0.3) is 0 Å². The Balaban J connectivity index is 4.13. The number of carboxylic acid groups (broad SMARTS) is 2. The van der Waals surface area contributed by atoms with Gasteiger partial charge in [-0.25, -0.2) is 4.79 Å². The molecule has 0 fully saturated rings. The number of thiol groups is 1. The van der Waals surface area contributed by atoms with E-state index >= 15 is 0 Å². The van der Waals surface area contributed by atoms with Crippen LogP contribution >= 0.6 is 12.6 Å². The highest BCUT2D eigenvalue weighted by molar-refractivity contribution is 7.82. The Kier molecular flexibility index (Phi) is 2.67. The first kappa shape index (κ1) is 9.25. The second-order valence-corrected chi connectivity index (χ2v) is 2.60. The van der Waals surface area contributed by atoms with Gasteiger partial charge in [0.1, 0.15) is 0 Å². The number of hydrogen-bond donors (Lipinski definition) is 4. The average Bonchev–Trinajstić information content (AvgIpc) is 1.60. The summed E-state index contributed by atoms with van der Waals surface area (Å²) in [4.78, 5) is 18.1. The Bertz CT molecular complexity index is 167. The fraction of sp³-hybridized carbons (Fsp3) is 0.500. The minimum absolute atomic E-state index is 0.703. The standard InChI is InChI=1S/C4H7NO4S/c5-4(10,3(8)9)1-2(6)7/h10H,1,5H2,(H,6,7)(H,8,9). The average molecular weight is 165 g/mol. The number of rotatable bonds is 3. The fourth-order valence-corrected chi connectivity index (χ4v) is 0.441. The van der Waals surface area contributed by atoms with Crippen molar-refractivity contribution >= 4 is 24.6 Å². The lowest BCUT2D eigenvalue weighted by Gasteiger charge is -2.13. The molecule has 10 heavy (non-hydrogen) atoms. The third kappa shape index (κ3) is 2.70. The van der Waals surface area contributed by atoms with E-state index in [9.17, 15) is 9.59 Å². The number of carboxylic acids is 2. The predicted octanol–water partition coefficient (Wildman–Crippen LogP) is -0.870. The zero-order valence-electron chi connectivity index (χ0n) is 4.94. The van der Waals surface area contributed by atoms with E-state index in [1.807, 2.05) is 0 Å². The van der Waals surface area contributed by atoms with Crippen molar-refractivity contribution in [2.45, 2.75) is 11.3 Å². The lowest BCUT2D eigenvalue weighted by Crippen LogP contribution is -2.44. The monoisotopic (exact) mass is 165 g/mol. The van der Waals surface area contributed by atoms with Crippen LogP contribution in [0.1, 0.15) is 6.42 Å². The van der Waals surface area contributed by atoms with Gasteiger partial charge < -0.3 is 15.9 Å². The summed E-state index contributed by atoms with van der Waals surface area (Å²) in [5.41, 5.74) is 4.94. The van der Waals surface area contributed by atoms with Crippen molar-refractivity contribution < 1.29 is 19.8 Å². The predicted molar refractivity (Wildman–Crippen MR) is 35.8 cm³/mol. The molecule has 58 valence electrons. The van der Waals surface area contributed by atoms with Crippen LogP contribution in [0, 0.1) is 0 Å². The van der Waals surface area contributed by atoms with Crippen molar-refractivity contribution in [1.82, 2.24) is 0 Å². The van der Waals surface area contributed by atoms with E-state index in [0.29, 0.717) is 0 Å². The van der Waals surface area contributed by atoms with Crippen LogP contribution < -0.4 is 5.73 Å². The molecule has 0 spiro atoms. The first-order valence-electron chi connectivity index (χ1n) is 2.32. The molecule has 0 rings (SSSR count). The van der Waals surface area contributed by atoms with Crippen LogP contribution in [0.15, 0.2) is 0 Å². The van der Waals surface area contributed by atoms with E-state index < -0.39 is 23.2 Å². The number of aliphatic carboxylic acids is 2. The lowest BCUT2D eigenvalue weighted by molar-refractivity contribution is -0.146. The summed E-state index contributed by atoms with van der Waals surface area (Å²) in [5.74, 6) is -2.74. The van der Waals surface area contributed by atoms with E-state index in [-0.39, 0.29) is 0 Å². The summed E-state index contributed by atoms with van der Waals surface area (Å²) in [6, 6.07) is 0. The highest BCUT2D eigenvalue weighted by Gasteiger charge is 2.31. The number of hydrogen-bond acceptors (Lipinski definition) is 4. The van der Waals surface area contributed by atoms with Gasteiger partial charge in [-0.05, 0) is 0 Å². The van der Waals surface area contributed by atoms with Gasteiger partial charge in [0, 0.05) is 0 Å². The second kappa shape index (κ2) is 2.89. The molecule has 0 saturated carbocycles. The molecule has 0 aliphatic carbocycles. The third-order valence-electron chi connectivity index (χ3n) is 0.791. The van der Waals surface area contributed by atoms with Gasteiger partial charge in [-0.2, -0.15) is 0 Å². The number of nitrogens with two attached hydrogens (primary N) is 1. The van der Waals surface area contributed by atoms with Gasteiger partial charge in [0.05, 0.1) is 6.42 Å². The molecule has 0 radical (unpaired) electrons. The van der Waals surface area contributed by atoms with Crippen molar-refractivity contribution in [2.75, 3.05) is 0 Å². The zero-order valence-corrected chi connectivity index (χ0v) is 5.84. The lowest BCUT2D eigenvalue weighted by atomic mass is 10.2. The first-order valence-corrected chi connectivity index (χ1v) is 2.77. The third-order valence-corrected chi connectivity index (χ3v) is 1.14. The molecule has 0 amide bonds. The maximum atomic E-state index is 10.1. The molecule has 5 nitrogen and oxygen atoms in total. The minimum atomic E-state index is -1.97. The molecule has 0 saturated heterocycles. The van der Waals surface area contributed by atoms with Crippen LogP contribution in [-0.4, -0.2) is 27.0 Å². The molecule has 0 bridgehead atoms. The topological polar surface area (TPSA) is 101 Å². The Morgan fingerprint density at radius 1 is 1.50 bits per heavy atom.